The van der Waals surface area contributed by atoms with Crippen LogP contribution in [0.3, 0.4) is 0 Å². The van der Waals surface area contributed by atoms with Gasteiger partial charge in [0.05, 0.1) is 24.6 Å². The Labute approximate surface area is 104 Å². The Balaban J connectivity index is 2.01. The van der Waals surface area contributed by atoms with Crippen LogP contribution < -0.4 is 5.32 Å². The summed E-state index contributed by atoms with van der Waals surface area (Å²) in [5, 5.41) is 11.8. The van der Waals surface area contributed by atoms with Crippen LogP contribution in [-0.4, -0.2) is 15.9 Å². The fourth-order valence-corrected chi connectivity index (χ4v) is 1.60. The number of nitriles is 1. The Morgan fingerprint density at radius 2 is 2.22 bits per heavy atom. The van der Waals surface area contributed by atoms with Gasteiger partial charge in [-0.3, -0.25) is 4.79 Å². The molecule has 2 rings (SSSR count). The number of hydrogen-bond donors (Lipinski definition) is 2. The third kappa shape index (κ3) is 2.74. The van der Waals surface area contributed by atoms with Gasteiger partial charge in [0.25, 0.3) is 0 Å². The summed E-state index contributed by atoms with van der Waals surface area (Å²) in [5.74, 6) is -1.09. The van der Waals surface area contributed by atoms with Gasteiger partial charge in [0, 0.05) is 6.20 Å². The lowest BCUT2D eigenvalue weighted by molar-refractivity contribution is -0.121. The fraction of sp³-hybridized carbons (Fsp3) is 0.154. The molecule has 0 aliphatic carbocycles. The number of aromatic amines is 1. The summed E-state index contributed by atoms with van der Waals surface area (Å²) < 4.78 is 0. The van der Waals surface area contributed by atoms with Gasteiger partial charge in [0.15, 0.2) is 0 Å². The molecule has 1 unspecified atom stereocenters. The number of amides is 1. The Hall–Kier alpha value is -2.61. The van der Waals surface area contributed by atoms with Crippen LogP contribution in [-0.2, 0) is 11.3 Å². The zero-order chi connectivity index (χ0) is 12.8. The molecule has 90 valence electrons. The van der Waals surface area contributed by atoms with Crippen molar-refractivity contribution in [2.45, 2.75) is 12.5 Å². The summed E-state index contributed by atoms with van der Waals surface area (Å²) in [6.07, 6.45) is 3.17. The van der Waals surface area contributed by atoms with Crippen LogP contribution in [0.2, 0.25) is 0 Å². The average molecular weight is 240 g/mol. The number of aromatic nitrogens is 2. The van der Waals surface area contributed by atoms with E-state index < -0.39 is 5.92 Å². The molecule has 0 spiro atoms. The second-order valence-corrected chi connectivity index (χ2v) is 3.77. The number of carbonyl (C=O) groups excluding carboxylic acids is 1. The van der Waals surface area contributed by atoms with Crippen LogP contribution in [0.25, 0.3) is 0 Å². The number of rotatable bonds is 4. The maximum absolute atomic E-state index is 11.9. The van der Waals surface area contributed by atoms with Crippen molar-refractivity contribution in [1.82, 2.24) is 15.3 Å². The maximum atomic E-state index is 11.9. The predicted octanol–water partition coefficient (Wildman–Crippen LogP) is 1.33. The Morgan fingerprint density at radius 3 is 2.83 bits per heavy atom. The molecule has 1 aromatic carbocycles. The number of carbonyl (C=O) groups is 1. The molecule has 1 aromatic heterocycles. The molecule has 0 aliphatic rings. The maximum Gasteiger partial charge on any atom is 0.242 e. The highest BCUT2D eigenvalue weighted by Gasteiger charge is 2.19. The second-order valence-electron chi connectivity index (χ2n) is 3.77. The molecule has 18 heavy (non-hydrogen) atoms. The molecule has 0 saturated carbocycles. The van der Waals surface area contributed by atoms with Crippen molar-refractivity contribution in [1.29, 1.82) is 5.26 Å². The molecule has 0 bridgehead atoms. The fourth-order valence-electron chi connectivity index (χ4n) is 1.60. The lowest BCUT2D eigenvalue weighted by Crippen LogP contribution is -2.28. The van der Waals surface area contributed by atoms with Gasteiger partial charge in [0.1, 0.15) is 5.92 Å². The van der Waals surface area contributed by atoms with Crippen LogP contribution in [0.1, 0.15) is 17.2 Å². The third-order valence-electron chi connectivity index (χ3n) is 2.53. The number of benzene rings is 1. The van der Waals surface area contributed by atoms with Crippen LogP contribution >= 0.6 is 0 Å². The molecule has 2 N–H and O–H groups in total. The van der Waals surface area contributed by atoms with E-state index >= 15 is 0 Å². The summed E-state index contributed by atoms with van der Waals surface area (Å²) in [4.78, 5) is 18.6. The third-order valence-corrected chi connectivity index (χ3v) is 2.53. The van der Waals surface area contributed by atoms with Gasteiger partial charge in [-0.15, -0.1) is 0 Å². The van der Waals surface area contributed by atoms with E-state index in [9.17, 15) is 4.79 Å². The highest BCUT2D eigenvalue weighted by atomic mass is 16.1. The molecule has 0 saturated heterocycles. The summed E-state index contributed by atoms with van der Waals surface area (Å²) in [6.45, 7) is 0.337. The quantitative estimate of drug-likeness (QED) is 0.845. The van der Waals surface area contributed by atoms with E-state index in [2.05, 4.69) is 15.3 Å². The SMILES string of the molecule is N#CC(C(=O)NCc1cnc[nH]1)c1ccccc1. The number of hydrogen-bond acceptors (Lipinski definition) is 3. The molecule has 0 fully saturated rings. The lowest BCUT2D eigenvalue weighted by Gasteiger charge is -2.09. The van der Waals surface area contributed by atoms with E-state index in [4.69, 9.17) is 5.26 Å². The Bertz CT molecular complexity index is 542. The van der Waals surface area contributed by atoms with Gasteiger partial charge in [-0.2, -0.15) is 5.26 Å². The number of nitrogens with zero attached hydrogens (tertiary/aromatic N) is 2. The van der Waals surface area contributed by atoms with Gasteiger partial charge in [-0.1, -0.05) is 30.3 Å². The van der Waals surface area contributed by atoms with Crippen molar-refractivity contribution in [3.05, 3.63) is 54.1 Å². The number of nitrogens with one attached hydrogen (secondary N) is 2. The van der Waals surface area contributed by atoms with Crippen molar-refractivity contribution in [3.63, 3.8) is 0 Å². The van der Waals surface area contributed by atoms with E-state index in [1.165, 1.54) is 0 Å². The van der Waals surface area contributed by atoms with Crippen LogP contribution in [0.4, 0.5) is 0 Å². The average Bonchev–Trinajstić information content (AvgIpc) is 2.92. The number of imidazole rings is 1. The number of H-pyrrole nitrogens is 1. The second kappa shape index (κ2) is 5.64. The molecule has 5 nitrogen and oxygen atoms in total. The van der Waals surface area contributed by atoms with E-state index in [-0.39, 0.29) is 5.91 Å². The normalized spacial score (nSPS) is 11.5. The lowest BCUT2D eigenvalue weighted by atomic mass is 10.00. The van der Waals surface area contributed by atoms with E-state index in [1.54, 1.807) is 24.7 Å². The molecule has 5 heteroatoms. The molecular formula is C13H12N4O. The van der Waals surface area contributed by atoms with Crippen molar-refractivity contribution in [2.24, 2.45) is 0 Å². The van der Waals surface area contributed by atoms with Gasteiger partial charge in [0.2, 0.25) is 5.91 Å². The van der Waals surface area contributed by atoms with Gasteiger partial charge >= 0.3 is 0 Å². The highest BCUT2D eigenvalue weighted by Crippen LogP contribution is 2.14. The minimum atomic E-state index is -0.783. The van der Waals surface area contributed by atoms with Crippen molar-refractivity contribution in [2.75, 3.05) is 0 Å². The van der Waals surface area contributed by atoms with Gasteiger partial charge in [-0.05, 0) is 5.56 Å². The minimum Gasteiger partial charge on any atom is -0.349 e. The molecule has 1 amide bonds. The summed E-state index contributed by atoms with van der Waals surface area (Å²) in [6, 6.07) is 11.0. The van der Waals surface area contributed by atoms with Gasteiger partial charge in [-0.25, -0.2) is 4.98 Å². The van der Waals surface area contributed by atoms with Crippen LogP contribution in [0, 0.1) is 11.3 Å². The zero-order valence-corrected chi connectivity index (χ0v) is 9.63. The smallest absolute Gasteiger partial charge is 0.242 e. The first-order chi connectivity index (χ1) is 8.81. The van der Waals surface area contributed by atoms with Gasteiger partial charge < -0.3 is 10.3 Å². The molecule has 0 aliphatic heterocycles. The molecule has 2 aromatic rings. The van der Waals surface area contributed by atoms with Crippen LogP contribution in [0.15, 0.2) is 42.9 Å². The molecule has 1 heterocycles. The Kier molecular flexibility index (Phi) is 3.72. The zero-order valence-electron chi connectivity index (χ0n) is 9.63. The summed E-state index contributed by atoms with van der Waals surface area (Å²) in [5.41, 5.74) is 1.50. The van der Waals surface area contributed by atoms with Crippen molar-refractivity contribution < 1.29 is 4.79 Å². The van der Waals surface area contributed by atoms with E-state index in [1.807, 2.05) is 24.3 Å². The highest BCUT2D eigenvalue weighted by molar-refractivity contribution is 5.86. The monoisotopic (exact) mass is 240 g/mol. The first-order valence-electron chi connectivity index (χ1n) is 5.51. The van der Waals surface area contributed by atoms with E-state index in [0.717, 1.165) is 5.69 Å². The molecule has 1 atom stereocenters. The molecule has 0 radical (unpaired) electrons. The summed E-state index contributed by atoms with van der Waals surface area (Å²) in [7, 11) is 0. The standard InChI is InChI=1S/C13H12N4O/c14-6-12(10-4-2-1-3-5-10)13(18)16-8-11-7-15-9-17-11/h1-5,7,9,12H,8H2,(H,15,17)(H,16,18). The predicted molar refractivity (Wildman–Crippen MR) is 65.2 cm³/mol. The first kappa shape index (κ1) is 11.9. The molecular weight excluding hydrogens is 228 g/mol. The van der Waals surface area contributed by atoms with Crippen molar-refractivity contribution in [3.8, 4) is 6.07 Å². The summed E-state index contributed by atoms with van der Waals surface area (Å²) >= 11 is 0. The van der Waals surface area contributed by atoms with E-state index in [0.29, 0.717) is 12.1 Å². The Morgan fingerprint density at radius 1 is 1.44 bits per heavy atom. The largest absolute Gasteiger partial charge is 0.349 e. The minimum absolute atomic E-state index is 0.307. The first-order valence-corrected chi connectivity index (χ1v) is 5.51. The van der Waals surface area contributed by atoms with Crippen molar-refractivity contribution >= 4 is 5.91 Å². The topological polar surface area (TPSA) is 81.6 Å². The van der Waals surface area contributed by atoms with Crippen LogP contribution in [0.5, 0.6) is 0 Å².